The summed E-state index contributed by atoms with van der Waals surface area (Å²) in [6.45, 7) is 6.96. The van der Waals surface area contributed by atoms with Crippen LogP contribution in [0.5, 0.6) is 0 Å². The largest absolute Gasteiger partial charge is 0.368 e. The highest BCUT2D eigenvalue weighted by Gasteiger charge is 2.27. The molecule has 3 nitrogen and oxygen atoms in total. The minimum atomic E-state index is 0.190. The predicted molar refractivity (Wildman–Crippen MR) is 73.0 cm³/mol. The maximum absolute atomic E-state index is 12.3. The maximum Gasteiger partial charge on any atom is 0.225 e. The summed E-state index contributed by atoms with van der Waals surface area (Å²) in [6.07, 6.45) is 9.24. The summed E-state index contributed by atoms with van der Waals surface area (Å²) in [6, 6.07) is 0. The zero-order chi connectivity index (χ0) is 13.4. The SMILES string of the molecule is C#CCOCC1CCCN(C(=O)C(CC)CC)C1. The molecule has 1 rings (SSSR count). The molecule has 0 aromatic rings. The van der Waals surface area contributed by atoms with Crippen molar-refractivity contribution >= 4 is 5.91 Å². The van der Waals surface area contributed by atoms with Gasteiger partial charge in [-0.3, -0.25) is 4.79 Å². The minimum Gasteiger partial charge on any atom is -0.368 e. The van der Waals surface area contributed by atoms with Crippen LogP contribution in [0, 0.1) is 24.2 Å². The molecule has 1 unspecified atom stereocenters. The number of hydrogen-bond donors (Lipinski definition) is 0. The number of hydrogen-bond acceptors (Lipinski definition) is 2. The van der Waals surface area contributed by atoms with Crippen molar-refractivity contribution in [2.45, 2.75) is 39.5 Å². The summed E-state index contributed by atoms with van der Waals surface area (Å²) < 4.78 is 5.39. The highest BCUT2D eigenvalue weighted by Crippen LogP contribution is 2.20. The first-order valence-electron chi connectivity index (χ1n) is 7.02. The fourth-order valence-corrected chi connectivity index (χ4v) is 2.58. The van der Waals surface area contributed by atoms with Crippen molar-refractivity contribution in [3.05, 3.63) is 0 Å². The van der Waals surface area contributed by atoms with E-state index in [4.69, 9.17) is 11.2 Å². The van der Waals surface area contributed by atoms with E-state index in [9.17, 15) is 4.79 Å². The molecule has 0 spiro atoms. The topological polar surface area (TPSA) is 29.5 Å². The Morgan fingerprint density at radius 3 is 2.83 bits per heavy atom. The van der Waals surface area contributed by atoms with E-state index in [1.807, 2.05) is 4.90 Å². The van der Waals surface area contributed by atoms with Crippen LogP contribution in [-0.2, 0) is 9.53 Å². The van der Waals surface area contributed by atoms with Crippen LogP contribution in [0.1, 0.15) is 39.5 Å². The van der Waals surface area contributed by atoms with Crippen molar-refractivity contribution in [2.24, 2.45) is 11.8 Å². The molecule has 1 atom stereocenters. The van der Waals surface area contributed by atoms with Gasteiger partial charge in [0.2, 0.25) is 5.91 Å². The molecule has 1 saturated heterocycles. The molecule has 0 aromatic heterocycles. The highest BCUT2D eigenvalue weighted by atomic mass is 16.5. The Balaban J connectivity index is 2.43. The lowest BCUT2D eigenvalue weighted by atomic mass is 9.95. The third-order valence-electron chi connectivity index (χ3n) is 3.70. The molecule has 0 aromatic carbocycles. The predicted octanol–water partition coefficient (Wildman–Crippen LogP) is 2.31. The van der Waals surface area contributed by atoms with Gasteiger partial charge >= 0.3 is 0 Å². The van der Waals surface area contributed by atoms with Crippen LogP contribution < -0.4 is 0 Å². The van der Waals surface area contributed by atoms with Crippen LogP contribution in [0.15, 0.2) is 0 Å². The third kappa shape index (κ3) is 4.34. The maximum atomic E-state index is 12.3. The third-order valence-corrected chi connectivity index (χ3v) is 3.70. The van der Waals surface area contributed by atoms with Gasteiger partial charge < -0.3 is 9.64 Å². The Kier molecular flexibility index (Phi) is 6.82. The van der Waals surface area contributed by atoms with Gasteiger partial charge in [0.05, 0.1) is 6.61 Å². The Morgan fingerprint density at radius 1 is 1.50 bits per heavy atom. The van der Waals surface area contributed by atoms with Gasteiger partial charge in [-0.05, 0) is 31.6 Å². The van der Waals surface area contributed by atoms with Crippen molar-refractivity contribution in [1.29, 1.82) is 0 Å². The molecule has 0 N–H and O–H groups in total. The van der Waals surface area contributed by atoms with Gasteiger partial charge in [0, 0.05) is 19.0 Å². The van der Waals surface area contributed by atoms with E-state index in [0.717, 1.165) is 38.8 Å². The lowest BCUT2D eigenvalue weighted by Crippen LogP contribution is -2.43. The number of carbonyl (C=O) groups is 1. The second kappa shape index (κ2) is 8.16. The van der Waals surface area contributed by atoms with Gasteiger partial charge in [0.1, 0.15) is 6.61 Å². The zero-order valence-electron chi connectivity index (χ0n) is 11.7. The molecule has 1 amide bonds. The quantitative estimate of drug-likeness (QED) is 0.535. The zero-order valence-corrected chi connectivity index (χ0v) is 11.7. The van der Waals surface area contributed by atoms with Gasteiger partial charge in [0.15, 0.2) is 0 Å². The molecule has 1 fully saturated rings. The van der Waals surface area contributed by atoms with E-state index in [0.29, 0.717) is 25.0 Å². The molecule has 0 saturated carbocycles. The van der Waals surface area contributed by atoms with Crippen LogP contribution in [0.4, 0.5) is 0 Å². The van der Waals surface area contributed by atoms with Crippen LogP contribution in [-0.4, -0.2) is 37.1 Å². The Morgan fingerprint density at radius 2 is 2.22 bits per heavy atom. The van der Waals surface area contributed by atoms with Crippen LogP contribution >= 0.6 is 0 Å². The average Bonchev–Trinajstić information content (AvgIpc) is 2.41. The van der Waals surface area contributed by atoms with Crippen molar-refractivity contribution in [2.75, 3.05) is 26.3 Å². The number of amides is 1. The molecule has 0 radical (unpaired) electrons. The number of piperidine rings is 1. The first-order chi connectivity index (χ1) is 8.72. The second-order valence-electron chi connectivity index (χ2n) is 5.03. The number of nitrogens with zero attached hydrogens (tertiary/aromatic N) is 1. The lowest BCUT2D eigenvalue weighted by molar-refractivity contribution is -0.138. The molecule has 1 aliphatic heterocycles. The fraction of sp³-hybridized carbons (Fsp3) is 0.800. The van der Waals surface area contributed by atoms with Crippen molar-refractivity contribution in [1.82, 2.24) is 4.90 Å². The van der Waals surface area contributed by atoms with Crippen LogP contribution in [0.2, 0.25) is 0 Å². The number of terminal acetylenes is 1. The molecular weight excluding hydrogens is 226 g/mol. The van der Waals surface area contributed by atoms with Crippen molar-refractivity contribution < 1.29 is 9.53 Å². The van der Waals surface area contributed by atoms with E-state index >= 15 is 0 Å². The van der Waals surface area contributed by atoms with Crippen molar-refractivity contribution in [3.8, 4) is 12.3 Å². The number of likely N-dealkylation sites (tertiary alicyclic amines) is 1. The minimum absolute atomic E-state index is 0.190. The molecule has 18 heavy (non-hydrogen) atoms. The van der Waals surface area contributed by atoms with E-state index in [2.05, 4.69) is 19.8 Å². The van der Waals surface area contributed by atoms with Gasteiger partial charge in [-0.15, -0.1) is 6.42 Å². The monoisotopic (exact) mass is 251 g/mol. The van der Waals surface area contributed by atoms with E-state index in [-0.39, 0.29) is 5.92 Å². The molecule has 1 heterocycles. The smallest absolute Gasteiger partial charge is 0.225 e. The highest BCUT2D eigenvalue weighted by molar-refractivity contribution is 5.78. The Hall–Kier alpha value is -1.01. The molecule has 0 bridgehead atoms. The van der Waals surface area contributed by atoms with Gasteiger partial charge in [-0.2, -0.15) is 0 Å². The number of carbonyl (C=O) groups excluding carboxylic acids is 1. The summed E-state index contributed by atoms with van der Waals surface area (Å²) in [7, 11) is 0. The van der Waals surface area contributed by atoms with E-state index < -0.39 is 0 Å². The van der Waals surface area contributed by atoms with Crippen molar-refractivity contribution in [3.63, 3.8) is 0 Å². The summed E-state index contributed by atoms with van der Waals surface area (Å²) in [4.78, 5) is 14.3. The lowest BCUT2D eigenvalue weighted by Gasteiger charge is -2.34. The standard InChI is InChI=1S/C15H25NO2/c1-4-10-18-12-13-8-7-9-16(11-13)15(17)14(5-2)6-3/h1,13-14H,5-12H2,2-3H3. The fourth-order valence-electron chi connectivity index (χ4n) is 2.58. The van der Waals surface area contributed by atoms with Gasteiger partial charge in [-0.1, -0.05) is 19.8 Å². The van der Waals surface area contributed by atoms with Gasteiger partial charge in [-0.25, -0.2) is 0 Å². The first-order valence-corrected chi connectivity index (χ1v) is 7.02. The van der Waals surface area contributed by atoms with Gasteiger partial charge in [0.25, 0.3) is 0 Å². The number of rotatable bonds is 6. The van der Waals surface area contributed by atoms with Crippen LogP contribution in [0.3, 0.4) is 0 Å². The summed E-state index contributed by atoms with van der Waals surface area (Å²) in [5.41, 5.74) is 0. The summed E-state index contributed by atoms with van der Waals surface area (Å²) in [5, 5.41) is 0. The summed E-state index contributed by atoms with van der Waals surface area (Å²) in [5.74, 6) is 3.44. The second-order valence-corrected chi connectivity index (χ2v) is 5.03. The van der Waals surface area contributed by atoms with Crippen LogP contribution in [0.25, 0.3) is 0 Å². The molecule has 0 aliphatic carbocycles. The molecule has 102 valence electrons. The molecule has 1 aliphatic rings. The molecule has 3 heteroatoms. The average molecular weight is 251 g/mol. The Labute approximate surface area is 111 Å². The summed E-state index contributed by atoms with van der Waals surface area (Å²) >= 11 is 0. The normalized spacial score (nSPS) is 19.9. The van der Waals surface area contributed by atoms with E-state index in [1.165, 1.54) is 0 Å². The van der Waals surface area contributed by atoms with E-state index in [1.54, 1.807) is 0 Å². The number of ether oxygens (including phenoxy) is 1. The Bertz CT molecular complexity index is 291. The molecular formula is C15H25NO2. The first kappa shape index (κ1) is 15.0.